The van der Waals surface area contributed by atoms with Crippen LogP contribution in [0.3, 0.4) is 0 Å². The molecule has 2 rings (SSSR count). The van der Waals surface area contributed by atoms with Gasteiger partial charge in [0, 0.05) is 0 Å². The number of hydrogen-bond acceptors (Lipinski definition) is 2. The van der Waals surface area contributed by atoms with Crippen LogP contribution >= 0.6 is 8.20 Å². The van der Waals surface area contributed by atoms with Crippen molar-refractivity contribution >= 4 is 30.6 Å². The van der Waals surface area contributed by atoms with Crippen molar-refractivity contribution in [1.29, 1.82) is 0 Å². The highest BCUT2D eigenvalue weighted by atomic mass is 31.1. The first kappa shape index (κ1) is 9.10. The molecule has 1 aliphatic rings. The number of amides is 2. The zero-order chi connectivity index (χ0) is 9.97. The van der Waals surface area contributed by atoms with Crippen LogP contribution < -0.4 is 10.6 Å². The Bertz CT molecular complexity index is 411. The van der Waals surface area contributed by atoms with Crippen LogP contribution in [0, 0.1) is 0 Å². The number of carbonyl (C=O) groups is 2. The van der Waals surface area contributed by atoms with Crippen molar-refractivity contribution in [2.24, 2.45) is 0 Å². The third-order valence-corrected chi connectivity index (χ3v) is 3.26. The second-order valence-electron chi connectivity index (χ2n) is 3.02. The lowest BCUT2D eigenvalue weighted by Crippen LogP contribution is -2.21. The van der Waals surface area contributed by atoms with Crippen LogP contribution in [0.25, 0.3) is 0 Å². The molecule has 1 saturated heterocycles. The molecule has 70 valence electrons. The van der Waals surface area contributed by atoms with Crippen LogP contribution in [0.1, 0.15) is 6.42 Å². The minimum Gasteiger partial charge on any atom is -0.289 e. The molecule has 1 unspecified atom stereocenters. The minimum absolute atomic E-state index is 0.187. The average molecular weight is 206 g/mol. The molecule has 1 aromatic carbocycles. The quantitative estimate of drug-likeness (QED) is 0.527. The van der Waals surface area contributed by atoms with E-state index in [0.717, 1.165) is 5.30 Å². The maximum atomic E-state index is 11.2. The molecule has 1 atom stereocenters. The Morgan fingerprint density at radius 2 is 1.86 bits per heavy atom. The monoisotopic (exact) mass is 206 g/mol. The van der Waals surface area contributed by atoms with Gasteiger partial charge in [0.1, 0.15) is 13.5 Å². The average Bonchev–Trinajstić information content (AvgIpc) is 2.47. The molecular weight excluding hydrogens is 197 g/mol. The summed E-state index contributed by atoms with van der Waals surface area (Å²) in [5.74, 6) is -0.398. The van der Waals surface area contributed by atoms with Crippen molar-refractivity contribution < 1.29 is 9.59 Å². The van der Waals surface area contributed by atoms with Gasteiger partial charge in [-0.2, -0.15) is 0 Å². The molecular formula is C10H9NO2P+. The molecule has 1 aromatic rings. The number of rotatable bonds is 1. The third kappa shape index (κ3) is 1.88. The Morgan fingerprint density at radius 3 is 2.43 bits per heavy atom. The zero-order valence-corrected chi connectivity index (χ0v) is 8.41. The number of carbonyl (C=O) groups excluding carboxylic acids is 2. The highest BCUT2D eigenvalue weighted by Crippen LogP contribution is 2.08. The molecule has 14 heavy (non-hydrogen) atoms. The van der Waals surface area contributed by atoms with Crippen LogP contribution in [0.5, 0.6) is 0 Å². The fraction of sp³-hybridized carbons (Fsp3) is 0.100. The molecule has 0 radical (unpaired) electrons. The predicted octanol–water partition coefficient (Wildman–Crippen LogP) is 0.209. The number of imide groups is 1. The molecule has 1 aliphatic heterocycles. The van der Waals surface area contributed by atoms with E-state index in [1.165, 1.54) is 0 Å². The van der Waals surface area contributed by atoms with Crippen molar-refractivity contribution in [2.75, 3.05) is 0 Å². The molecule has 0 saturated carbocycles. The van der Waals surface area contributed by atoms with Gasteiger partial charge in [-0.1, -0.05) is 18.2 Å². The van der Waals surface area contributed by atoms with Crippen molar-refractivity contribution in [3.63, 3.8) is 0 Å². The Morgan fingerprint density at radius 1 is 1.14 bits per heavy atom. The van der Waals surface area contributed by atoms with E-state index < -0.39 is 0 Å². The Kier molecular flexibility index (Phi) is 2.42. The summed E-state index contributed by atoms with van der Waals surface area (Å²) >= 11 is 0. The maximum Gasteiger partial charge on any atom is 0.296 e. The van der Waals surface area contributed by atoms with Gasteiger partial charge in [0.2, 0.25) is 5.91 Å². The van der Waals surface area contributed by atoms with Crippen LogP contribution in [0.4, 0.5) is 0 Å². The Labute approximate surface area is 82.9 Å². The van der Waals surface area contributed by atoms with Gasteiger partial charge in [-0.05, 0) is 12.1 Å². The van der Waals surface area contributed by atoms with Crippen molar-refractivity contribution in [1.82, 2.24) is 5.32 Å². The normalized spacial score (nSPS) is 18.7. The number of hydrogen-bond donors (Lipinski definition) is 1. The highest BCUT2D eigenvalue weighted by molar-refractivity contribution is 7.51. The summed E-state index contributed by atoms with van der Waals surface area (Å²) < 4.78 is 0. The molecule has 4 heteroatoms. The summed E-state index contributed by atoms with van der Waals surface area (Å²) in [6.45, 7) is 0. The van der Waals surface area contributed by atoms with E-state index in [1.807, 2.05) is 30.3 Å². The van der Waals surface area contributed by atoms with E-state index in [1.54, 1.807) is 0 Å². The molecule has 0 aromatic heterocycles. The van der Waals surface area contributed by atoms with Crippen LogP contribution in [0.15, 0.2) is 30.3 Å². The summed E-state index contributed by atoms with van der Waals surface area (Å²) in [7, 11) is 0.308. The van der Waals surface area contributed by atoms with Crippen LogP contribution in [-0.2, 0) is 9.59 Å². The van der Waals surface area contributed by atoms with Gasteiger partial charge in [-0.25, -0.2) is 0 Å². The lowest BCUT2D eigenvalue weighted by molar-refractivity contribution is -0.123. The Balaban J connectivity index is 2.28. The molecule has 0 bridgehead atoms. The first-order valence-electron chi connectivity index (χ1n) is 4.28. The van der Waals surface area contributed by atoms with Crippen LogP contribution in [0.2, 0.25) is 0 Å². The second kappa shape index (κ2) is 3.72. The van der Waals surface area contributed by atoms with Crippen molar-refractivity contribution in [3.8, 4) is 0 Å². The molecule has 0 spiro atoms. The van der Waals surface area contributed by atoms with Gasteiger partial charge in [0.05, 0.1) is 6.42 Å². The number of nitrogens with one attached hydrogen (secondary N) is 1. The van der Waals surface area contributed by atoms with Crippen molar-refractivity contribution in [3.05, 3.63) is 30.3 Å². The first-order chi connectivity index (χ1) is 6.75. The summed E-state index contributed by atoms with van der Waals surface area (Å²) in [6.07, 6.45) is 0.256. The second-order valence-corrected chi connectivity index (χ2v) is 4.45. The summed E-state index contributed by atoms with van der Waals surface area (Å²) in [5.41, 5.74) is 0. The molecule has 0 aliphatic carbocycles. The summed E-state index contributed by atoms with van der Waals surface area (Å²) in [4.78, 5) is 22.1. The lowest BCUT2D eigenvalue weighted by Gasteiger charge is -1.83. The Hall–Kier alpha value is -1.47. The molecule has 2 amide bonds. The van der Waals surface area contributed by atoms with Gasteiger partial charge in [0.25, 0.3) is 5.91 Å². The molecule has 1 heterocycles. The SMILES string of the molecule is O=C1CC(=[PH+]c2ccccc2)C(=O)N1. The predicted molar refractivity (Wildman–Crippen MR) is 57.2 cm³/mol. The van der Waals surface area contributed by atoms with Gasteiger partial charge < -0.3 is 0 Å². The number of benzene rings is 1. The largest absolute Gasteiger partial charge is 0.296 e. The molecule has 1 fully saturated rings. The van der Waals surface area contributed by atoms with Crippen molar-refractivity contribution in [2.45, 2.75) is 6.42 Å². The van der Waals surface area contributed by atoms with Crippen LogP contribution in [-0.4, -0.2) is 17.1 Å². The molecule has 3 nitrogen and oxygen atoms in total. The van der Waals surface area contributed by atoms with Gasteiger partial charge in [0.15, 0.2) is 5.29 Å². The van der Waals surface area contributed by atoms with E-state index in [4.69, 9.17) is 0 Å². The van der Waals surface area contributed by atoms with E-state index in [2.05, 4.69) is 5.32 Å². The van der Waals surface area contributed by atoms with E-state index >= 15 is 0 Å². The van der Waals surface area contributed by atoms with E-state index in [-0.39, 0.29) is 18.2 Å². The van der Waals surface area contributed by atoms with Gasteiger partial charge >= 0.3 is 0 Å². The zero-order valence-electron chi connectivity index (χ0n) is 7.41. The summed E-state index contributed by atoms with van der Waals surface area (Å²) in [5, 5.41) is 4.05. The van der Waals surface area contributed by atoms with E-state index in [9.17, 15) is 9.59 Å². The topological polar surface area (TPSA) is 46.2 Å². The third-order valence-electron chi connectivity index (χ3n) is 1.93. The van der Waals surface area contributed by atoms with Gasteiger partial charge in [-0.15, -0.1) is 0 Å². The summed E-state index contributed by atoms with van der Waals surface area (Å²) in [6, 6.07) is 9.71. The van der Waals surface area contributed by atoms with E-state index in [0.29, 0.717) is 13.5 Å². The molecule has 1 N–H and O–H groups in total. The maximum absolute atomic E-state index is 11.2. The first-order valence-corrected chi connectivity index (χ1v) is 5.28. The highest BCUT2D eigenvalue weighted by Gasteiger charge is 2.30. The smallest absolute Gasteiger partial charge is 0.289 e. The lowest BCUT2D eigenvalue weighted by atomic mass is 10.4. The fourth-order valence-corrected chi connectivity index (χ4v) is 2.42. The minimum atomic E-state index is -0.211. The standard InChI is InChI=1S/C10H8NO2P/c12-9-6-8(10(13)11-9)14-7-4-2-1-3-5-7/h1-5H,6H2,(H,11,12,13)/p+1. The fourth-order valence-electron chi connectivity index (χ4n) is 1.28. The van der Waals surface area contributed by atoms with Gasteiger partial charge in [-0.3, -0.25) is 14.9 Å².